The van der Waals surface area contributed by atoms with Crippen LogP contribution in [-0.4, -0.2) is 62.1 Å². The number of halogens is 3. The maximum atomic E-state index is 13.1. The minimum absolute atomic E-state index is 0.139. The second kappa shape index (κ2) is 11.5. The summed E-state index contributed by atoms with van der Waals surface area (Å²) in [5.41, 5.74) is 4.46. The summed E-state index contributed by atoms with van der Waals surface area (Å²) in [7, 11) is 0. The number of aromatic nitrogens is 2. The standard InChI is InChI=1S/C22H30N4O.C2HF3O2/c1-2-6-18-7-9-19(10-8-18)22(27)25-13-5-14-26-17-23-20(21(26)16-25)15-24-11-3-4-12-24;3-2(4,5)1(6)7/h7-10,17H,2-6,11-16H2,1H3;(H,6,7). The largest absolute Gasteiger partial charge is 0.490 e. The van der Waals surface area contributed by atoms with Crippen LogP contribution < -0.4 is 0 Å². The highest BCUT2D eigenvalue weighted by Gasteiger charge is 2.38. The number of aliphatic carboxylic acids is 1. The number of carbonyl (C=O) groups excluding carboxylic acids is 1. The van der Waals surface area contributed by atoms with E-state index in [2.05, 4.69) is 33.5 Å². The summed E-state index contributed by atoms with van der Waals surface area (Å²) in [6.45, 7) is 7.84. The van der Waals surface area contributed by atoms with Crippen molar-refractivity contribution in [3.63, 3.8) is 0 Å². The Bertz CT molecular complexity index is 967. The molecule has 2 aliphatic rings. The van der Waals surface area contributed by atoms with Gasteiger partial charge in [0.2, 0.25) is 0 Å². The first-order valence-electron chi connectivity index (χ1n) is 11.6. The number of benzene rings is 1. The molecule has 0 aliphatic carbocycles. The van der Waals surface area contributed by atoms with E-state index in [0.29, 0.717) is 6.54 Å². The molecule has 0 bridgehead atoms. The number of hydrogen-bond donors (Lipinski definition) is 1. The van der Waals surface area contributed by atoms with Crippen molar-refractivity contribution in [2.75, 3.05) is 19.6 Å². The summed E-state index contributed by atoms with van der Waals surface area (Å²) in [5.74, 6) is -2.62. The molecular formula is C24H31F3N4O3. The predicted molar refractivity (Wildman–Crippen MR) is 120 cm³/mol. The number of aryl methyl sites for hydroxylation is 2. The molecule has 1 aromatic heterocycles. The number of carbonyl (C=O) groups is 2. The van der Waals surface area contributed by atoms with Crippen LogP contribution in [0.1, 0.15) is 59.9 Å². The van der Waals surface area contributed by atoms with Gasteiger partial charge in [-0.15, -0.1) is 0 Å². The van der Waals surface area contributed by atoms with E-state index in [4.69, 9.17) is 9.90 Å². The van der Waals surface area contributed by atoms with E-state index in [0.717, 1.165) is 50.2 Å². The maximum Gasteiger partial charge on any atom is 0.490 e. The highest BCUT2D eigenvalue weighted by Crippen LogP contribution is 2.21. The normalized spacial score (nSPS) is 16.4. The first kappa shape index (κ1) is 25.7. The molecule has 3 heterocycles. The SMILES string of the molecule is CCCc1ccc(C(=O)N2CCCn3cnc(CN4CCCC4)c3C2)cc1.O=C(O)C(F)(F)F. The average molecular weight is 481 g/mol. The molecule has 1 amide bonds. The van der Waals surface area contributed by atoms with E-state index < -0.39 is 12.1 Å². The van der Waals surface area contributed by atoms with Crippen LogP contribution in [0.25, 0.3) is 0 Å². The Labute approximate surface area is 197 Å². The molecule has 7 nitrogen and oxygen atoms in total. The summed E-state index contributed by atoms with van der Waals surface area (Å²) in [5, 5.41) is 7.12. The maximum absolute atomic E-state index is 13.1. The molecule has 1 saturated heterocycles. The van der Waals surface area contributed by atoms with Gasteiger partial charge in [0.05, 0.1) is 24.3 Å². The fourth-order valence-corrected chi connectivity index (χ4v) is 4.26. The number of hydrogen-bond acceptors (Lipinski definition) is 4. The zero-order valence-electron chi connectivity index (χ0n) is 19.4. The summed E-state index contributed by atoms with van der Waals surface area (Å²) in [6.07, 6.45) is 2.63. The smallest absolute Gasteiger partial charge is 0.475 e. The number of amides is 1. The van der Waals surface area contributed by atoms with Crippen LogP contribution in [0.2, 0.25) is 0 Å². The average Bonchev–Trinajstić information content (AvgIpc) is 3.38. The third-order valence-corrected chi connectivity index (χ3v) is 6.04. The van der Waals surface area contributed by atoms with Crippen LogP contribution >= 0.6 is 0 Å². The van der Waals surface area contributed by atoms with Gasteiger partial charge in [-0.2, -0.15) is 13.2 Å². The van der Waals surface area contributed by atoms with E-state index in [9.17, 15) is 18.0 Å². The van der Waals surface area contributed by atoms with Crippen molar-refractivity contribution in [3.8, 4) is 0 Å². The highest BCUT2D eigenvalue weighted by molar-refractivity contribution is 5.94. The summed E-state index contributed by atoms with van der Waals surface area (Å²) < 4.78 is 34.0. The quantitative estimate of drug-likeness (QED) is 0.697. The number of carboxylic acids is 1. The van der Waals surface area contributed by atoms with Crippen molar-refractivity contribution in [2.45, 2.75) is 64.8 Å². The van der Waals surface area contributed by atoms with E-state index in [1.807, 2.05) is 23.4 Å². The molecule has 2 aliphatic heterocycles. The Hall–Kier alpha value is -2.88. The molecule has 0 atom stereocenters. The molecule has 0 unspecified atom stereocenters. The molecule has 1 aromatic carbocycles. The molecule has 1 N–H and O–H groups in total. The number of fused-ring (bicyclic) bond motifs is 1. The van der Waals surface area contributed by atoms with E-state index >= 15 is 0 Å². The molecule has 0 saturated carbocycles. The van der Waals surface area contributed by atoms with Gasteiger partial charge in [-0.25, -0.2) is 9.78 Å². The number of imidazole rings is 1. The Morgan fingerprint density at radius 1 is 1.03 bits per heavy atom. The first-order chi connectivity index (χ1) is 16.2. The fourth-order valence-electron chi connectivity index (χ4n) is 4.26. The summed E-state index contributed by atoms with van der Waals surface area (Å²) >= 11 is 0. The van der Waals surface area contributed by atoms with Gasteiger partial charge in [0.25, 0.3) is 5.91 Å². The third-order valence-electron chi connectivity index (χ3n) is 6.04. The van der Waals surface area contributed by atoms with Gasteiger partial charge < -0.3 is 14.6 Å². The molecule has 10 heteroatoms. The number of nitrogens with zero attached hydrogens (tertiary/aromatic N) is 4. The zero-order chi connectivity index (χ0) is 24.7. The lowest BCUT2D eigenvalue weighted by Gasteiger charge is -2.22. The molecule has 34 heavy (non-hydrogen) atoms. The minimum atomic E-state index is -5.08. The van der Waals surface area contributed by atoms with Crippen molar-refractivity contribution >= 4 is 11.9 Å². The van der Waals surface area contributed by atoms with Crippen LogP contribution in [0, 0.1) is 0 Å². The van der Waals surface area contributed by atoms with Gasteiger partial charge in [-0.3, -0.25) is 9.69 Å². The fraction of sp³-hybridized carbons (Fsp3) is 0.542. The number of alkyl halides is 3. The van der Waals surface area contributed by atoms with Gasteiger partial charge in [0.1, 0.15) is 0 Å². The lowest BCUT2D eigenvalue weighted by Crippen LogP contribution is -2.31. The second-order valence-corrected chi connectivity index (χ2v) is 8.64. The number of rotatable bonds is 5. The lowest BCUT2D eigenvalue weighted by molar-refractivity contribution is -0.192. The van der Waals surface area contributed by atoms with Crippen molar-refractivity contribution in [3.05, 3.63) is 53.1 Å². The van der Waals surface area contributed by atoms with Crippen molar-refractivity contribution in [2.24, 2.45) is 0 Å². The monoisotopic (exact) mass is 480 g/mol. The van der Waals surface area contributed by atoms with Crippen LogP contribution in [0.3, 0.4) is 0 Å². The topological polar surface area (TPSA) is 78.7 Å². The minimum Gasteiger partial charge on any atom is -0.475 e. The van der Waals surface area contributed by atoms with Crippen molar-refractivity contribution in [1.82, 2.24) is 19.4 Å². The van der Waals surface area contributed by atoms with E-state index in [1.165, 1.54) is 37.2 Å². The predicted octanol–water partition coefficient (Wildman–Crippen LogP) is 4.11. The Morgan fingerprint density at radius 2 is 1.68 bits per heavy atom. The van der Waals surface area contributed by atoms with Gasteiger partial charge in [-0.05, 0) is 56.5 Å². The Morgan fingerprint density at radius 3 is 2.26 bits per heavy atom. The number of likely N-dealkylation sites (tertiary alicyclic amines) is 1. The third kappa shape index (κ3) is 6.82. The zero-order valence-corrected chi connectivity index (χ0v) is 19.4. The van der Waals surface area contributed by atoms with Crippen LogP contribution in [0.4, 0.5) is 13.2 Å². The molecular weight excluding hydrogens is 449 g/mol. The van der Waals surface area contributed by atoms with Crippen LogP contribution in [-0.2, 0) is 30.8 Å². The molecule has 186 valence electrons. The molecule has 4 rings (SSSR count). The van der Waals surface area contributed by atoms with Gasteiger partial charge in [-0.1, -0.05) is 25.5 Å². The molecule has 2 aromatic rings. The van der Waals surface area contributed by atoms with E-state index in [-0.39, 0.29) is 5.91 Å². The van der Waals surface area contributed by atoms with E-state index in [1.54, 1.807) is 0 Å². The molecule has 0 spiro atoms. The van der Waals surface area contributed by atoms with Crippen LogP contribution in [0.15, 0.2) is 30.6 Å². The Kier molecular flexibility index (Phi) is 8.71. The number of carboxylic acid groups (broad SMARTS) is 1. The summed E-state index contributed by atoms with van der Waals surface area (Å²) in [6, 6.07) is 8.16. The van der Waals surface area contributed by atoms with Crippen molar-refractivity contribution in [1.29, 1.82) is 0 Å². The van der Waals surface area contributed by atoms with Gasteiger partial charge in [0, 0.05) is 25.2 Å². The van der Waals surface area contributed by atoms with Crippen LogP contribution in [0.5, 0.6) is 0 Å². The lowest BCUT2D eigenvalue weighted by atomic mass is 10.1. The van der Waals surface area contributed by atoms with Gasteiger partial charge in [0.15, 0.2) is 0 Å². The Balaban J connectivity index is 0.000000406. The highest BCUT2D eigenvalue weighted by atomic mass is 19.4. The second-order valence-electron chi connectivity index (χ2n) is 8.64. The molecule has 1 fully saturated rings. The van der Waals surface area contributed by atoms with Gasteiger partial charge >= 0.3 is 12.1 Å². The first-order valence-corrected chi connectivity index (χ1v) is 11.6. The summed E-state index contributed by atoms with van der Waals surface area (Å²) in [4.78, 5) is 31.2. The van der Waals surface area contributed by atoms with Crippen molar-refractivity contribution < 1.29 is 27.9 Å². The molecule has 0 radical (unpaired) electrons.